The van der Waals surface area contributed by atoms with Crippen LogP contribution in [0.2, 0.25) is 0 Å². The van der Waals surface area contributed by atoms with Crippen molar-refractivity contribution in [2.75, 3.05) is 13.1 Å². The number of rotatable bonds is 7. The number of esters is 1. The lowest BCUT2D eigenvalue weighted by atomic mass is 10.2. The van der Waals surface area contributed by atoms with Crippen LogP contribution < -0.4 is 0 Å². The number of hydrogen-bond acceptors (Lipinski definition) is 4. The number of halogens is 1. The summed E-state index contributed by atoms with van der Waals surface area (Å²) in [5, 5.41) is 0. The van der Waals surface area contributed by atoms with E-state index in [-0.39, 0.29) is 25.3 Å². The Morgan fingerprint density at radius 2 is 1.72 bits per heavy atom. The molecule has 0 aliphatic carbocycles. The summed E-state index contributed by atoms with van der Waals surface area (Å²) >= 11 is 0. The van der Waals surface area contributed by atoms with Gasteiger partial charge in [0, 0.05) is 13.1 Å². The molecule has 0 aromatic heterocycles. The summed E-state index contributed by atoms with van der Waals surface area (Å²) in [7, 11) is -4.00. The van der Waals surface area contributed by atoms with E-state index in [0.717, 1.165) is 22.0 Å². The zero-order chi connectivity index (χ0) is 18.4. The molecule has 7 heteroatoms. The Hall–Kier alpha value is -2.25. The summed E-state index contributed by atoms with van der Waals surface area (Å²) in [5.41, 5.74) is 0.789. The van der Waals surface area contributed by atoms with E-state index in [1.54, 1.807) is 26.0 Å². The van der Waals surface area contributed by atoms with Crippen molar-refractivity contribution in [3.05, 3.63) is 65.5 Å². The molecule has 0 saturated heterocycles. The molecular weight excluding hydrogens is 345 g/mol. The van der Waals surface area contributed by atoms with Gasteiger partial charge in [0.1, 0.15) is 17.3 Å². The predicted octanol–water partition coefficient (Wildman–Crippen LogP) is 3.21. The van der Waals surface area contributed by atoms with Crippen LogP contribution in [0.25, 0.3) is 0 Å². The van der Waals surface area contributed by atoms with Gasteiger partial charge >= 0.3 is 5.97 Å². The van der Waals surface area contributed by atoms with E-state index in [0.29, 0.717) is 0 Å². The Labute approximate surface area is 147 Å². The van der Waals surface area contributed by atoms with Crippen molar-refractivity contribution in [1.29, 1.82) is 0 Å². The summed E-state index contributed by atoms with van der Waals surface area (Å²) < 4.78 is 45.4. The van der Waals surface area contributed by atoms with E-state index < -0.39 is 26.7 Å². The van der Waals surface area contributed by atoms with Crippen LogP contribution in [-0.2, 0) is 21.4 Å². The minimum atomic E-state index is -4.00. The Bertz CT molecular complexity index is 833. The summed E-state index contributed by atoms with van der Waals surface area (Å²) in [6, 6.07) is 12.3. The monoisotopic (exact) mass is 365 g/mol. The molecule has 0 amide bonds. The van der Waals surface area contributed by atoms with Gasteiger partial charge in [0.05, 0.1) is 5.56 Å². The van der Waals surface area contributed by atoms with Gasteiger partial charge in [-0.3, -0.25) is 0 Å². The van der Waals surface area contributed by atoms with Crippen LogP contribution in [0.15, 0.2) is 53.4 Å². The largest absolute Gasteiger partial charge is 0.457 e. The fraction of sp³-hybridized carbons (Fsp3) is 0.278. The molecule has 0 N–H and O–H groups in total. The maximum Gasteiger partial charge on any atom is 0.338 e. The van der Waals surface area contributed by atoms with Crippen molar-refractivity contribution in [2.45, 2.75) is 25.3 Å². The normalized spacial score (nSPS) is 11.5. The minimum absolute atomic E-state index is 0.0111. The van der Waals surface area contributed by atoms with Crippen molar-refractivity contribution in [3.63, 3.8) is 0 Å². The highest BCUT2D eigenvalue weighted by atomic mass is 32.2. The fourth-order valence-electron chi connectivity index (χ4n) is 2.34. The van der Waals surface area contributed by atoms with Gasteiger partial charge in [0.15, 0.2) is 0 Å². The molecular formula is C18H20FNO4S. The standard InChI is InChI=1S/C18H20FNO4S/c1-3-20(4-2)25(22,23)17-12-15(10-11-16(17)19)18(21)24-13-14-8-6-5-7-9-14/h5-12H,3-4,13H2,1-2H3. The van der Waals surface area contributed by atoms with E-state index in [9.17, 15) is 17.6 Å². The van der Waals surface area contributed by atoms with Crippen LogP contribution in [0.5, 0.6) is 0 Å². The van der Waals surface area contributed by atoms with Crippen molar-refractivity contribution in [2.24, 2.45) is 0 Å². The first kappa shape index (κ1) is 19.1. The molecule has 25 heavy (non-hydrogen) atoms. The summed E-state index contributed by atoms with van der Waals surface area (Å²) in [6.07, 6.45) is 0. The van der Waals surface area contributed by atoms with E-state index in [1.165, 1.54) is 6.07 Å². The molecule has 0 aliphatic rings. The molecule has 2 aromatic rings. The Balaban J connectivity index is 2.24. The SMILES string of the molecule is CCN(CC)S(=O)(=O)c1cc(C(=O)OCc2ccccc2)ccc1F. The maximum atomic E-state index is 14.1. The van der Waals surface area contributed by atoms with Crippen LogP contribution in [0.3, 0.4) is 0 Å². The van der Waals surface area contributed by atoms with Crippen molar-refractivity contribution in [1.82, 2.24) is 4.31 Å². The van der Waals surface area contributed by atoms with Gasteiger partial charge in [-0.15, -0.1) is 0 Å². The lowest BCUT2D eigenvalue weighted by Gasteiger charge is -2.19. The lowest BCUT2D eigenvalue weighted by Crippen LogP contribution is -2.31. The third kappa shape index (κ3) is 4.43. The number of benzene rings is 2. The van der Waals surface area contributed by atoms with Crippen LogP contribution in [-0.4, -0.2) is 31.8 Å². The zero-order valence-electron chi connectivity index (χ0n) is 14.1. The highest BCUT2D eigenvalue weighted by Crippen LogP contribution is 2.21. The van der Waals surface area contributed by atoms with E-state index in [1.807, 2.05) is 18.2 Å². The van der Waals surface area contributed by atoms with Crippen LogP contribution in [0.1, 0.15) is 29.8 Å². The molecule has 0 radical (unpaired) electrons. The van der Waals surface area contributed by atoms with Gasteiger partial charge in [-0.2, -0.15) is 4.31 Å². The number of nitrogens with zero attached hydrogens (tertiary/aromatic N) is 1. The number of carbonyl (C=O) groups is 1. The second-order valence-electron chi connectivity index (χ2n) is 5.30. The number of sulfonamides is 1. The highest BCUT2D eigenvalue weighted by molar-refractivity contribution is 7.89. The van der Waals surface area contributed by atoms with Gasteiger partial charge < -0.3 is 4.74 Å². The lowest BCUT2D eigenvalue weighted by molar-refractivity contribution is 0.0472. The molecule has 0 unspecified atom stereocenters. The molecule has 2 rings (SSSR count). The predicted molar refractivity (Wildman–Crippen MR) is 92.1 cm³/mol. The van der Waals surface area contributed by atoms with Crippen molar-refractivity contribution < 1.29 is 22.3 Å². The number of hydrogen-bond donors (Lipinski definition) is 0. The smallest absolute Gasteiger partial charge is 0.338 e. The van der Waals surface area contributed by atoms with E-state index in [4.69, 9.17) is 4.74 Å². The Morgan fingerprint density at radius 3 is 2.32 bits per heavy atom. The van der Waals surface area contributed by atoms with Crippen LogP contribution in [0.4, 0.5) is 4.39 Å². The molecule has 0 bridgehead atoms. The average Bonchev–Trinajstić information content (AvgIpc) is 2.61. The first-order valence-corrected chi connectivity index (χ1v) is 9.34. The maximum absolute atomic E-state index is 14.1. The van der Waals surface area contributed by atoms with Crippen molar-refractivity contribution in [3.8, 4) is 0 Å². The molecule has 0 saturated carbocycles. The zero-order valence-corrected chi connectivity index (χ0v) is 14.9. The van der Waals surface area contributed by atoms with Gasteiger partial charge in [-0.05, 0) is 23.8 Å². The molecule has 0 aliphatic heterocycles. The third-order valence-electron chi connectivity index (χ3n) is 3.70. The van der Waals surface area contributed by atoms with Gasteiger partial charge in [-0.25, -0.2) is 17.6 Å². The minimum Gasteiger partial charge on any atom is -0.457 e. The van der Waals surface area contributed by atoms with Gasteiger partial charge in [-0.1, -0.05) is 44.2 Å². The highest BCUT2D eigenvalue weighted by Gasteiger charge is 2.26. The molecule has 0 spiro atoms. The number of carbonyl (C=O) groups excluding carboxylic acids is 1. The second kappa shape index (κ2) is 8.22. The number of ether oxygens (including phenoxy) is 1. The van der Waals surface area contributed by atoms with Crippen LogP contribution >= 0.6 is 0 Å². The molecule has 0 fully saturated rings. The summed E-state index contributed by atoms with van der Waals surface area (Å²) in [4.78, 5) is 11.6. The van der Waals surface area contributed by atoms with E-state index in [2.05, 4.69) is 0 Å². The van der Waals surface area contributed by atoms with Crippen molar-refractivity contribution >= 4 is 16.0 Å². The molecule has 5 nitrogen and oxygen atoms in total. The van der Waals surface area contributed by atoms with Gasteiger partial charge in [0.2, 0.25) is 10.0 Å². The van der Waals surface area contributed by atoms with Gasteiger partial charge in [0.25, 0.3) is 0 Å². The first-order valence-electron chi connectivity index (χ1n) is 7.90. The van der Waals surface area contributed by atoms with Crippen LogP contribution in [0, 0.1) is 5.82 Å². The summed E-state index contributed by atoms with van der Waals surface area (Å²) in [6.45, 7) is 3.80. The Kier molecular flexibility index (Phi) is 6.27. The summed E-state index contributed by atoms with van der Waals surface area (Å²) in [5.74, 6) is -1.61. The second-order valence-corrected chi connectivity index (χ2v) is 7.20. The molecule has 0 atom stereocenters. The molecule has 2 aromatic carbocycles. The first-order chi connectivity index (χ1) is 11.9. The molecule has 0 heterocycles. The average molecular weight is 365 g/mol. The quantitative estimate of drug-likeness (QED) is 0.707. The third-order valence-corrected chi connectivity index (χ3v) is 5.77. The molecule has 134 valence electrons. The topological polar surface area (TPSA) is 63.7 Å². The fourth-order valence-corrected chi connectivity index (χ4v) is 3.89. The van der Waals surface area contributed by atoms with E-state index >= 15 is 0 Å². The Morgan fingerprint density at radius 1 is 1.08 bits per heavy atom.